The fourth-order valence-corrected chi connectivity index (χ4v) is 3.82. The molecule has 0 N–H and O–H groups in total. The van der Waals surface area contributed by atoms with Crippen LogP contribution in [0.1, 0.15) is 31.9 Å². The predicted octanol–water partition coefficient (Wildman–Crippen LogP) is 4.99. The van der Waals surface area contributed by atoms with Crippen molar-refractivity contribution in [3.05, 3.63) is 65.4 Å². The number of benzene rings is 2. The number of hydrogen-bond acceptors (Lipinski definition) is 1. The van der Waals surface area contributed by atoms with E-state index >= 15 is 0 Å². The number of anilines is 1. The first-order valence-corrected chi connectivity index (χ1v) is 8.60. The molecular formula is C19H21BBrN. The average molecular weight is 354 g/mol. The standard InChI is InChI=1S/C19H21BBrN/c1-14-10-11-17-15(12-14)13-18(19(2,3)4)22(20(17)21)16-8-6-5-7-9-16/h5-13H,1-4H3. The highest BCUT2D eigenvalue weighted by atomic mass is 79.9. The third-order valence-corrected chi connectivity index (χ3v) is 4.98. The molecule has 22 heavy (non-hydrogen) atoms. The molecule has 0 saturated heterocycles. The number of hydrogen-bond donors (Lipinski definition) is 0. The summed E-state index contributed by atoms with van der Waals surface area (Å²) in [5.74, 6) is 0. The Hall–Kier alpha value is -1.48. The highest BCUT2D eigenvalue weighted by Gasteiger charge is 2.36. The molecule has 0 spiro atoms. The van der Waals surface area contributed by atoms with E-state index in [2.05, 4.69) is 103 Å². The number of fused-ring (bicyclic) bond motifs is 1. The largest absolute Gasteiger partial charge is 0.374 e. The minimum Gasteiger partial charge on any atom is -0.374 e. The SMILES string of the molecule is Cc1ccc2c(c1)C=C(C(C)(C)C)N(c1ccccc1)B2Br. The quantitative estimate of drug-likeness (QED) is 0.652. The van der Waals surface area contributed by atoms with E-state index < -0.39 is 0 Å². The lowest BCUT2D eigenvalue weighted by molar-refractivity contribution is 0.502. The first-order chi connectivity index (χ1) is 10.4. The van der Waals surface area contributed by atoms with Gasteiger partial charge in [-0.3, -0.25) is 0 Å². The summed E-state index contributed by atoms with van der Waals surface area (Å²) in [7, 11) is 0. The second kappa shape index (κ2) is 5.62. The number of nitrogens with zero attached hydrogens (tertiary/aromatic N) is 1. The van der Waals surface area contributed by atoms with Crippen molar-refractivity contribution in [1.82, 2.24) is 0 Å². The fraction of sp³-hybridized carbons (Fsp3) is 0.263. The number of rotatable bonds is 1. The van der Waals surface area contributed by atoms with E-state index in [1.54, 1.807) is 0 Å². The van der Waals surface area contributed by atoms with Gasteiger partial charge in [-0.05, 0) is 36.2 Å². The molecule has 3 heteroatoms. The molecule has 3 rings (SSSR count). The molecule has 1 heterocycles. The van der Waals surface area contributed by atoms with Gasteiger partial charge in [-0.25, -0.2) is 0 Å². The van der Waals surface area contributed by atoms with Crippen molar-refractivity contribution in [3.8, 4) is 0 Å². The van der Waals surface area contributed by atoms with Crippen molar-refractivity contribution in [2.24, 2.45) is 5.41 Å². The van der Waals surface area contributed by atoms with Crippen LogP contribution >= 0.6 is 15.8 Å². The van der Waals surface area contributed by atoms with Crippen LogP contribution in [0.15, 0.2) is 54.2 Å². The summed E-state index contributed by atoms with van der Waals surface area (Å²) in [5.41, 5.74) is 6.72. The molecule has 0 unspecified atom stereocenters. The van der Waals surface area contributed by atoms with E-state index in [4.69, 9.17) is 0 Å². The van der Waals surface area contributed by atoms with Gasteiger partial charge in [0.05, 0.1) is 0 Å². The summed E-state index contributed by atoms with van der Waals surface area (Å²) in [5, 5.41) is 0. The molecule has 2 aromatic carbocycles. The molecule has 0 aliphatic carbocycles. The Labute approximate surface area is 142 Å². The maximum Gasteiger partial charge on any atom is 0.372 e. The molecule has 0 fully saturated rings. The average Bonchev–Trinajstić information content (AvgIpc) is 2.46. The number of allylic oxidation sites excluding steroid dienone is 1. The van der Waals surface area contributed by atoms with Gasteiger partial charge in [0.25, 0.3) is 0 Å². The number of halogens is 1. The topological polar surface area (TPSA) is 3.24 Å². The molecule has 0 atom stereocenters. The van der Waals surface area contributed by atoms with Crippen LogP contribution in [0.3, 0.4) is 0 Å². The lowest BCUT2D eigenvalue weighted by Gasteiger charge is -2.41. The first kappa shape index (κ1) is 15.4. The first-order valence-electron chi connectivity index (χ1n) is 7.69. The van der Waals surface area contributed by atoms with Crippen molar-refractivity contribution in [2.45, 2.75) is 27.7 Å². The van der Waals surface area contributed by atoms with E-state index in [9.17, 15) is 0 Å². The summed E-state index contributed by atoms with van der Waals surface area (Å²) in [6, 6.07) is 17.3. The Morgan fingerprint density at radius 3 is 2.32 bits per heavy atom. The van der Waals surface area contributed by atoms with Gasteiger partial charge in [-0.2, -0.15) is 0 Å². The lowest BCUT2D eigenvalue weighted by atomic mass is 9.69. The summed E-state index contributed by atoms with van der Waals surface area (Å²) in [6.07, 6.45) is 2.34. The van der Waals surface area contributed by atoms with Crippen LogP contribution in [0.5, 0.6) is 0 Å². The molecule has 0 bridgehead atoms. The number of aryl methyl sites for hydroxylation is 1. The summed E-state index contributed by atoms with van der Waals surface area (Å²) >= 11 is 3.93. The molecule has 0 aromatic heterocycles. The van der Waals surface area contributed by atoms with Crippen molar-refractivity contribution < 1.29 is 0 Å². The van der Waals surface area contributed by atoms with Crippen LogP contribution < -0.4 is 10.3 Å². The molecule has 1 aliphatic rings. The van der Waals surface area contributed by atoms with Crippen LogP contribution in [0.4, 0.5) is 5.69 Å². The zero-order chi connectivity index (χ0) is 15.9. The second-order valence-corrected chi connectivity index (χ2v) is 7.82. The van der Waals surface area contributed by atoms with Crippen molar-refractivity contribution in [3.63, 3.8) is 0 Å². The van der Waals surface area contributed by atoms with E-state index in [1.807, 2.05) is 0 Å². The molecule has 1 aliphatic heterocycles. The smallest absolute Gasteiger partial charge is 0.372 e. The van der Waals surface area contributed by atoms with Crippen LogP contribution in [0, 0.1) is 12.3 Å². The molecule has 112 valence electrons. The molecule has 0 radical (unpaired) electrons. The van der Waals surface area contributed by atoms with Gasteiger partial charge in [0.1, 0.15) is 0 Å². The van der Waals surface area contributed by atoms with E-state index in [-0.39, 0.29) is 11.1 Å². The van der Waals surface area contributed by atoms with Gasteiger partial charge in [0, 0.05) is 16.8 Å². The summed E-state index contributed by atoms with van der Waals surface area (Å²) < 4.78 is 0. The Balaban J connectivity index is 2.20. The van der Waals surface area contributed by atoms with Gasteiger partial charge >= 0.3 is 5.67 Å². The Morgan fingerprint density at radius 2 is 1.68 bits per heavy atom. The van der Waals surface area contributed by atoms with Crippen molar-refractivity contribution >= 4 is 38.7 Å². The third kappa shape index (κ3) is 2.75. The van der Waals surface area contributed by atoms with E-state index in [1.165, 1.54) is 28.0 Å². The van der Waals surface area contributed by atoms with Gasteiger partial charge in [-0.15, -0.1) is 15.8 Å². The lowest BCUT2D eigenvalue weighted by Crippen LogP contribution is -2.49. The van der Waals surface area contributed by atoms with Crippen LogP contribution in [0.25, 0.3) is 6.08 Å². The predicted molar refractivity (Wildman–Crippen MR) is 102 cm³/mol. The van der Waals surface area contributed by atoms with Crippen LogP contribution in [0.2, 0.25) is 0 Å². The second-order valence-electron chi connectivity index (χ2n) is 6.95. The molecule has 2 aromatic rings. The van der Waals surface area contributed by atoms with Crippen LogP contribution in [-0.4, -0.2) is 5.67 Å². The monoisotopic (exact) mass is 353 g/mol. The normalized spacial score (nSPS) is 14.7. The van der Waals surface area contributed by atoms with Crippen molar-refractivity contribution in [2.75, 3.05) is 4.81 Å². The third-order valence-electron chi connectivity index (χ3n) is 4.08. The molecule has 0 saturated carbocycles. The zero-order valence-electron chi connectivity index (χ0n) is 13.6. The summed E-state index contributed by atoms with van der Waals surface area (Å²) in [6.45, 7) is 8.97. The maximum absolute atomic E-state index is 3.93. The highest BCUT2D eigenvalue weighted by molar-refractivity contribution is 9.25. The zero-order valence-corrected chi connectivity index (χ0v) is 15.2. The van der Waals surface area contributed by atoms with Gasteiger partial charge < -0.3 is 4.81 Å². The molecule has 0 amide bonds. The minimum absolute atomic E-state index is 0.0727. The van der Waals surface area contributed by atoms with Gasteiger partial charge in [0.2, 0.25) is 0 Å². The minimum atomic E-state index is 0.0727. The van der Waals surface area contributed by atoms with E-state index in [0.717, 1.165) is 0 Å². The molecular weight excluding hydrogens is 333 g/mol. The Morgan fingerprint density at radius 1 is 1.00 bits per heavy atom. The number of para-hydroxylation sites is 1. The van der Waals surface area contributed by atoms with E-state index in [0.29, 0.717) is 0 Å². The van der Waals surface area contributed by atoms with Crippen LogP contribution in [-0.2, 0) is 0 Å². The van der Waals surface area contributed by atoms with Gasteiger partial charge in [0.15, 0.2) is 0 Å². The Bertz CT molecular complexity index is 716. The summed E-state index contributed by atoms with van der Waals surface area (Å²) in [4.78, 5) is 2.40. The van der Waals surface area contributed by atoms with Gasteiger partial charge in [-0.1, -0.05) is 62.7 Å². The fourth-order valence-electron chi connectivity index (χ4n) is 2.95. The molecule has 1 nitrogen and oxygen atoms in total. The Kier molecular flexibility index (Phi) is 3.94. The maximum atomic E-state index is 3.93. The van der Waals surface area contributed by atoms with Crippen molar-refractivity contribution in [1.29, 1.82) is 0 Å². The highest BCUT2D eigenvalue weighted by Crippen LogP contribution is 2.37.